The maximum absolute atomic E-state index is 12.7. The van der Waals surface area contributed by atoms with E-state index in [0.717, 1.165) is 18.4 Å². The van der Waals surface area contributed by atoms with E-state index < -0.39 is 0 Å². The first-order valence-electron chi connectivity index (χ1n) is 4.92. The van der Waals surface area contributed by atoms with E-state index in [9.17, 15) is 9.18 Å². The standard InChI is InChI=1S/C11H13FN2O/c1-13-10(15)14-11(6-7-11)8-2-4-9(12)5-3-8/h2-5H,6-7H2,1H3,(H2,13,14,15). The molecule has 0 radical (unpaired) electrons. The molecule has 0 unspecified atom stereocenters. The lowest BCUT2D eigenvalue weighted by Gasteiger charge is -2.17. The minimum Gasteiger partial charge on any atom is -0.341 e. The fourth-order valence-electron chi connectivity index (χ4n) is 1.66. The van der Waals surface area contributed by atoms with Crippen molar-refractivity contribution in [2.75, 3.05) is 7.05 Å². The molecule has 0 aliphatic heterocycles. The van der Waals surface area contributed by atoms with Crippen molar-refractivity contribution in [3.05, 3.63) is 35.6 Å². The van der Waals surface area contributed by atoms with E-state index in [0.29, 0.717) is 0 Å². The van der Waals surface area contributed by atoms with Gasteiger partial charge in [-0.2, -0.15) is 0 Å². The Hall–Kier alpha value is -1.58. The number of carbonyl (C=O) groups is 1. The van der Waals surface area contributed by atoms with E-state index in [-0.39, 0.29) is 17.4 Å². The van der Waals surface area contributed by atoms with Crippen molar-refractivity contribution < 1.29 is 9.18 Å². The Morgan fingerprint density at radius 2 is 1.93 bits per heavy atom. The lowest BCUT2D eigenvalue weighted by molar-refractivity contribution is 0.238. The number of hydrogen-bond acceptors (Lipinski definition) is 1. The molecule has 1 fully saturated rings. The first-order chi connectivity index (χ1) is 7.16. The van der Waals surface area contributed by atoms with Gasteiger partial charge in [0, 0.05) is 7.05 Å². The highest BCUT2D eigenvalue weighted by Gasteiger charge is 2.45. The number of amides is 2. The zero-order valence-electron chi connectivity index (χ0n) is 8.51. The quantitative estimate of drug-likeness (QED) is 0.763. The van der Waals surface area contributed by atoms with Gasteiger partial charge in [0.2, 0.25) is 0 Å². The smallest absolute Gasteiger partial charge is 0.315 e. The van der Waals surface area contributed by atoms with Gasteiger partial charge < -0.3 is 10.6 Å². The van der Waals surface area contributed by atoms with E-state index in [1.165, 1.54) is 12.1 Å². The molecule has 0 spiro atoms. The highest BCUT2D eigenvalue weighted by molar-refractivity contribution is 5.75. The summed E-state index contributed by atoms with van der Waals surface area (Å²) in [4.78, 5) is 11.2. The van der Waals surface area contributed by atoms with Gasteiger partial charge in [-0.05, 0) is 30.5 Å². The number of halogens is 1. The van der Waals surface area contributed by atoms with Crippen molar-refractivity contribution in [2.24, 2.45) is 0 Å². The lowest BCUT2D eigenvalue weighted by Crippen LogP contribution is -2.40. The van der Waals surface area contributed by atoms with Crippen LogP contribution in [-0.2, 0) is 5.54 Å². The summed E-state index contributed by atoms with van der Waals surface area (Å²) >= 11 is 0. The molecule has 1 aliphatic rings. The average Bonchev–Trinajstić information content (AvgIpc) is 3.00. The van der Waals surface area contributed by atoms with Crippen LogP contribution in [0.2, 0.25) is 0 Å². The molecule has 3 nitrogen and oxygen atoms in total. The van der Waals surface area contributed by atoms with Crippen LogP contribution >= 0.6 is 0 Å². The molecule has 0 atom stereocenters. The molecule has 1 saturated carbocycles. The Kier molecular flexibility index (Phi) is 2.34. The number of urea groups is 1. The van der Waals surface area contributed by atoms with E-state index >= 15 is 0 Å². The van der Waals surface area contributed by atoms with Gasteiger partial charge in [0.05, 0.1) is 5.54 Å². The lowest BCUT2D eigenvalue weighted by atomic mass is 10.1. The number of benzene rings is 1. The summed E-state index contributed by atoms with van der Waals surface area (Å²) in [7, 11) is 1.58. The first kappa shape index (κ1) is 9.96. The molecular formula is C11H13FN2O. The molecule has 4 heteroatoms. The summed E-state index contributed by atoms with van der Waals surface area (Å²) in [5.41, 5.74) is 0.695. The molecule has 15 heavy (non-hydrogen) atoms. The monoisotopic (exact) mass is 208 g/mol. The third-order valence-corrected chi connectivity index (χ3v) is 2.73. The third kappa shape index (κ3) is 1.93. The van der Waals surface area contributed by atoms with Gasteiger partial charge in [-0.25, -0.2) is 9.18 Å². The summed E-state index contributed by atoms with van der Waals surface area (Å²) in [6.07, 6.45) is 1.82. The second-order valence-corrected chi connectivity index (χ2v) is 3.79. The minimum absolute atomic E-state index is 0.197. The summed E-state index contributed by atoms with van der Waals surface area (Å²) in [6, 6.07) is 6.08. The van der Waals surface area contributed by atoms with Crippen LogP contribution in [0.1, 0.15) is 18.4 Å². The van der Waals surface area contributed by atoms with Crippen LogP contribution in [0.4, 0.5) is 9.18 Å². The summed E-state index contributed by atoms with van der Waals surface area (Å²) in [5, 5.41) is 5.40. The second-order valence-electron chi connectivity index (χ2n) is 3.79. The Morgan fingerprint density at radius 3 is 2.40 bits per heavy atom. The van der Waals surface area contributed by atoms with E-state index in [1.54, 1.807) is 19.2 Å². The van der Waals surface area contributed by atoms with E-state index in [1.807, 2.05) is 0 Å². The van der Waals surface area contributed by atoms with Gasteiger partial charge in [0.25, 0.3) is 0 Å². The topological polar surface area (TPSA) is 41.1 Å². The van der Waals surface area contributed by atoms with Gasteiger partial charge in [0.15, 0.2) is 0 Å². The predicted octanol–water partition coefficient (Wildman–Crippen LogP) is 1.74. The number of carbonyl (C=O) groups excluding carboxylic acids is 1. The maximum atomic E-state index is 12.7. The summed E-state index contributed by atoms with van der Waals surface area (Å²) < 4.78 is 12.7. The van der Waals surface area contributed by atoms with Crippen molar-refractivity contribution in [3.63, 3.8) is 0 Å². The first-order valence-corrected chi connectivity index (χ1v) is 4.92. The average molecular weight is 208 g/mol. The van der Waals surface area contributed by atoms with Crippen molar-refractivity contribution >= 4 is 6.03 Å². The minimum atomic E-state index is -0.270. The van der Waals surface area contributed by atoms with Gasteiger partial charge >= 0.3 is 6.03 Å². The zero-order chi connectivity index (χ0) is 10.9. The third-order valence-electron chi connectivity index (χ3n) is 2.73. The zero-order valence-corrected chi connectivity index (χ0v) is 8.51. The molecule has 2 N–H and O–H groups in total. The fraction of sp³-hybridized carbons (Fsp3) is 0.364. The number of rotatable bonds is 2. The molecule has 1 aromatic rings. The van der Waals surface area contributed by atoms with Crippen LogP contribution in [-0.4, -0.2) is 13.1 Å². The fourth-order valence-corrected chi connectivity index (χ4v) is 1.66. The van der Waals surface area contributed by atoms with Crippen molar-refractivity contribution in [2.45, 2.75) is 18.4 Å². The van der Waals surface area contributed by atoms with Crippen LogP contribution in [0, 0.1) is 5.82 Å². The van der Waals surface area contributed by atoms with Gasteiger partial charge in [-0.1, -0.05) is 12.1 Å². The van der Waals surface area contributed by atoms with E-state index in [4.69, 9.17) is 0 Å². The molecule has 1 aliphatic carbocycles. The predicted molar refractivity (Wildman–Crippen MR) is 54.9 cm³/mol. The SMILES string of the molecule is CNC(=O)NC1(c2ccc(F)cc2)CC1. The number of hydrogen-bond donors (Lipinski definition) is 2. The van der Waals surface area contributed by atoms with Crippen LogP contribution < -0.4 is 10.6 Å². The van der Waals surface area contributed by atoms with Crippen molar-refractivity contribution in [3.8, 4) is 0 Å². The Morgan fingerprint density at radius 1 is 1.33 bits per heavy atom. The van der Waals surface area contributed by atoms with Crippen molar-refractivity contribution in [1.29, 1.82) is 0 Å². The van der Waals surface area contributed by atoms with E-state index in [2.05, 4.69) is 10.6 Å². The van der Waals surface area contributed by atoms with Crippen LogP contribution in [0.3, 0.4) is 0 Å². The molecule has 0 saturated heterocycles. The van der Waals surface area contributed by atoms with Gasteiger partial charge in [0.1, 0.15) is 5.82 Å². The normalized spacial score (nSPS) is 16.9. The maximum Gasteiger partial charge on any atom is 0.315 e. The molecule has 2 rings (SSSR count). The van der Waals surface area contributed by atoms with Gasteiger partial charge in [-0.3, -0.25) is 0 Å². The molecule has 1 aromatic carbocycles. The van der Waals surface area contributed by atoms with Crippen LogP contribution in [0.25, 0.3) is 0 Å². The Bertz CT molecular complexity index is 371. The Labute approximate surface area is 87.7 Å². The largest absolute Gasteiger partial charge is 0.341 e. The highest BCUT2D eigenvalue weighted by atomic mass is 19.1. The molecule has 80 valence electrons. The summed E-state index contributed by atoms with van der Waals surface area (Å²) in [6.45, 7) is 0. The molecule has 0 bridgehead atoms. The van der Waals surface area contributed by atoms with Crippen LogP contribution in [0.5, 0.6) is 0 Å². The Balaban J connectivity index is 2.16. The highest BCUT2D eigenvalue weighted by Crippen LogP contribution is 2.45. The number of nitrogens with one attached hydrogen (secondary N) is 2. The van der Waals surface area contributed by atoms with Crippen molar-refractivity contribution in [1.82, 2.24) is 10.6 Å². The molecular weight excluding hydrogens is 195 g/mol. The van der Waals surface area contributed by atoms with Gasteiger partial charge in [-0.15, -0.1) is 0 Å². The summed E-state index contributed by atoms with van der Waals surface area (Å²) in [5.74, 6) is -0.255. The second kappa shape index (κ2) is 3.53. The molecule has 0 heterocycles. The molecule has 2 amide bonds. The molecule has 0 aromatic heterocycles. The van der Waals surface area contributed by atoms with Crippen LogP contribution in [0.15, 0.2) is 24.3 Å².